The number of hydrogen-bond acceptors (Lipinski definition) is 4. The molecule has 1 unspecified atom stereocenters. The molecule has 0 fully saturated rings. The SMILES string of the molecule is CC.CF.NC1=NC(c2cc(NC(=O)c3ccc(F)cn3)cc(F)c2F)C(F)(F)CC1. The van der Waals surface area contributed by atoms with Crippen LogP contribution in [0.1, 0.15) is 48.8 Å². The number of alkyl halides is 3. The molecule has 3 N–H and O–H groups in total. The largest absolute Gasteiger partial charge is 0.387 e. The Labute approximate surface area is 175 Å². The molecule has 11 heteroatoms. The lowest BCUT2D eigenvalue weighted by Gasteiger charge is -2.29. The highest BCUT2D eigenvalue weighted by molar-refractivity contribution is 6.02. The molecule has 1 aromatic heterocycles. The molecule has 5 nitrogen and oxygen atoms in total. The first-order chi connectivity index (χ1) is 14.7. The molecular weight excluding hydrogens is 426 g/mol. The molecule has 1 aromatic carbocycles. The molecule has 0 aliphatic carbocycles. The van der Waals surface area contributed by atoms with E-state index in [0.29, 0.717) is 13.2 Å². The van der Waals surface area contributed by atoms with Crippen molar-refractivity contribution < 1.29 is 31.1 Å². The molecule has 0 saturated carbocycles. The van der Waals surface area contributed by atoms with Crippen molar-refractivity contribution in [3.63, 3.8) is 0 Å². The Kier molecular flexibility index (Phi) is 9.47. The lowest BCUT2D eigenvalue weighted by molar-refractivity contribution is -0.0371. The summed E-state index contributed by atoms with van der Waals surface area (Å²) in [7, 11) is 0.500. The van der Waals surface area contributed by atoms with Gasteiger partial charge in [0.25, 0.3) is 11.8 Å². The third-order valence-electron chi connectivity index (χ3n) is 3.98. The maximum atomic E-state index is 14.2. The third-order valence-corrected chi connectivity index (χ3v) is 3.98. The van der Waals surface area contributed by atoms with E-state index in [0.717, 1.165) is 24.4 Å². The average molecular weight is 448 g/mol. The predicted octanol–water partition coefficient (Wildman–Crippen LogP) is 5.19. The zero-order valence-corrected chi connectivity index (χ0v) is 17.0. The fourth-order valence-corrected chi connectivity index (χ4v) is 2.64. The van der Waals surface area contributed by atoms with E-state index in [9.17, 15) is 31.1 Å². The van der Waals surface area contributed by atoms with Crippen LogP contribution in [-0.2, 0) is 0 Å². The number of nitrogens with two attached hydrogens (primary N) is 1. The number of pyridine rings is 1. The van der Waals surface area contributed by atoms with Crippen molar-refractivity contribution in [3.8, 4) is 0 Å². The van der Waals surface area contributed by atoms with E-state index in [2.05, 4.69) is 15.3 Å². The van der Waals surface area contributed by atoms with Crippen LogP contribution in [0.25, 0.3) is 0 Å². The van der Waals surface area contributed by atoms with Crippen molar-refractivity contribution in [2.45, 2.75) is 38.7 Å². The Hall–Kier alpha value is -3.11. The molecular formula is C20H22F6N4O. The maximum Gasteiger partial charge on any atom is 0.274 e. The van der Waals surface area contributed by atoms with Gasteiger partial charge in [0.2, 0.25) is 0 Å². The van der Waals surface area contributed by atoms with Gasteiger partial charge in [-0.1, -0.05) is 13.8 Å². The van der Waals surface area contributed by atoms with Crippen molar-refractivity contribution in [1.82, 2.24) is 4.98 Å². The Morgan fingerprint density at radius 3 is 2.39 bits per heavy atom. The molecule has 170 valence electrons. The summed E-state index contributed by atoms with van der Waals surface area (Å²) in [4.78, 5) is 19.2. The third kappa shape index (κ3) is 6.43. The quantitative estimate of drug-likeness (QED) is 0.634. The van der Waals surface area contributed by atoms with Gasteiger partial charge in [-0.3, -0.25) is 14.2 Å². The Balaban J connectivity index is 0.00000113. The summed E-state index contributed by atoms with van der Waals surface area (Å²) >= 11 is 0. The van der Waals surface area contributed by atoms with E-state index in [1.807, 2.05) is 13.8 Å². The predicted molar refractivity (Wildman–Crippen MR) is 105 cm³/mol. The van der Waals surface area contributed by atoms with E-state index in [-0.39, 0.29) is 23.6 Å². The van der Waals surface area contributed by atoms with Crippen LogP contribution >= 0.6 is 0 Å². The number of benzene rings is 1. The number of hydrogen-bond donors (Lipinski definition) is 2. The second kappa shape index (κ2) is 11.3. The van der Waals surface area contributed by atoms with Crippen LogP contribution in [0.4, 0.5) is 32.0 Å². The van der Waals surface area contributed by atoms with Gasteiger partial charge in [0.05, 0.1) is 19.2 Å². The Bertz CT molecular complexity index is 919. The van der Waals surface area contributed by atoms with Crippen LogP contribution in [0, 0.1) is 17.5 Å². The van der Waals surface area contributed by atoms with Gasteiger partial charge in [-0.15, -0.1) is 0 Å². The number of aliphatic imine (C=N–C) groups is 1. The van der Waals surface area contributed by atoms with Gasteiger partial charge in [0, 0.05) is 30.2 Å². The highest BCUT2D eigenvalue weighted by Crippen LogP contribution is 2.43. The van der Waals surface area contributed by atoms with Crippen molar-refractivity contribution >= 4 is 17.4 Å². The van der Waals surface area contributed by atoms with Gasteiger partial charge >= 0.3 is 0 Å². The lowest BCUT2D eigenvalue weighted by atomic mass is 9.93. The van der Waals surface area contributed by atoms with Gasteiger partial charge in [0.15, 0.2) is 11.6 Å². The molecule has 2 aromatic rings. The summed E-state index contributed by atoms with van der Waals surface area (Å²) in [6.45, 7) is 4.00. The second-order valence-electron chi connectivity index (χ2n) is 5.96. The van der Waals surface area contributed by atoms with E-state index >= 15 is 0 Å². The molecule has 31 heavy (non-hydrogen) atoms. The summed E-state index contributed by atoms with van der Waals surface area (Å²) in [6, 6.07) is 1.54. The average Bonchev–Trinajstić information content (AvgIpc) is 2.76. The Morgan fingerprint density at radius 2 is 1.81 bits per heavy atom. The van der Waals surface area contributed by atoms with Crippen molar-refractivity contribution in [1.29, 1.82) is 0 Å². The number of rotatable bonds is 3. The van der Waals surface area contributed by atoms with Crippen LogP contribution < -0.4 is 11.1 Å². The maximum absolute atomic E-state index is 14.2. The van der Waals surface area contributed by atoms with Gasteiger partial charge in [-0.25, -0.2) is 26.9 Å². The first kappa shape index (κ1) is 25.9. The van der Waals surface area contributed by atoms with E-state index in [4.69, 9.17) is 5.73 Å². The number of nitrogens with zero attached hydrogens (tertiary/aromatic N) is 2. The van der Waals surface area contributed by atoms with Crippen molar-refractivity contribution in [2.75, 3.05) is 12.5 Å². The summed E-state index contributed by atoms with van der Waals surface area (Å²) in [5.74, 6) is -8.00. The van der Waals surface area contributed by atoms with Crippen molar-refractivity contribution in [2.24, 2.45) is 10.7 Å². The normalized spacial score (nSPS) is 16.7. The summed E-state index contributed by atoms with van der Waals surface area (Å²) < 4.78 is 78.8. The van der Waals surface area contributed by atoms with Crippen LogP contribution in [-0.4, -0.2) is 29.8 Å². The highest BCUT2D eigenvalue weighted by atomic mass is 19.3. The number of nitrogens with one attached hydrogen (secondary N) is 1. The van der Waals surface area contributed by atoms with E-state index in [1.165, 1.54) is 0 Å². The van der Waals surface area contributed by atoms with Crippen LogP contribution in [0.5, 0.6) is 0 Å². The Morgan fingerprint density at radius 1 is 1.16 bits per heavy atom. The summed E-state index contributed by atoms with van der Waals surface area (Å²) in [5, 5.41) is 2.21. The topological polar surface area (TPSA) is 80.4 Å². The minimum absolute atomic E-state index is 0.101. The smallest absolute Gasteiger partial charge is 0.274 e. The number of carbonyl (C=O) groups excluding carboxylic acids is 1. The van der Waals surface area contributed by atoms with Crippen LogP contribution in [0.2, 0.25) is 0 Å². The molecule has 1 aliphatic heterocycles. The second-order valence-corrected chi connectivity index (χ2v) is 5.96. The van der Waals surface area contributed by atoms with Crippen LogP contribution in [0.15, 0.2) is 35.5 Å². The zero-order valence-electron chi connectivity index (χ0n) is 17.0. The molecule has 1 aliphatic rings. The molecule has 3 rings (SSSR count). The van der Waals surface area contributed by atoms with E-state index < -0.39 is 47.3 Å². The number of amides is 1. The number of amidine groups is 1. The van der Waals surface area contributed by atoms with E-state index in [1.54, 1.807) is 0 Å². The monoisotopic (exact) mass is 448 g/mol. The minimum Gasteiger partial charge on any atom is -0.387 e. The number of carbonyl (C=O) groups is 1. The van der Waals surface area contributed by atoms with Gasteiger partial charge in [-0.2, -0.15) is 0 Å². The number of anilines is 1. The molecule has 0 radical (unpaired) electrons. The number of halogens is 6. The van der Waals surface area contributed by atoms with Crippen molar-refractivity contribution in [3.05, 3.63) is 59.2 Å². The molecule has 2 heterocycles. The molecule has 0 spiro atoms. The first-order valence-electron chi connectivity index (χ1n) is 9.17. The van der Waals surface area contributed by atoms with Gasteiger partial charge in [0.1, 0.15) is 17.6 Å². The molecule has 1 amide bonds. The van der Waals surface area contributed by atoms with Crippen LogP contribution in [0.3, 0.4) is 0 Å². The lowest BCUT2D eigenvalue weighted by Crippen LogP contribution is -2.34. The highest BCUT2D eigenvalue weighted by Gasteiger charge is 2.44. The minimum atomic E-state index is -3.43. The first-order valence-corrected chi connectivity index (χ1v) is 9.17. The fourth-order valence-electron chi connectivity index (χ4n) is 2.64. The summed E-state index contributed by atoms with van der Waals surface area (Å²) in [5.41, 5.74) is 4.26. The van der Waals surface area contributed by atoms with Gasteiger partial charge < -0.3 is 11.1 Å². The molecule has 0 bridgehead atoms. The van der Waals surface area contributed by atoms with Gasteiger partial charge in [-0.05, 0) is 18.2 Å². The number of aromatic nitrogens is 1. The molecule has 1 atom stereocenters. The standard InChI is InChI=1S/C17H13F5N4O.C2H6.CH3F/c18-8-1-2-12(24-7-8)16(27)25-9-5-10(14(20)11(19)6-9)15-17(21,22)4-3-13(23)26-15;2*1-2/h1-2,5-7,15H,3-4H2,(H2,23,26)(H,25,27);1-2H3;1H3. The zero-order chi connectivity index (χ0) is 23.8. The molecule has 0 saturated heterocycles. The fraction of sp³-hybridized carbons (Fsp3) is 0.350. The summed E-state index contributed by atoms with van der Waals surface area (Å²) in [6.07, 6.45) is -0.0317.